The van der Waals surface area contributed by atoms with E-state index in [4.69, 9.17) is 5.11 Å². The predicted molar refractivity (Wildman–Crippen MR) is 47.0 cm³/mol. The van der Waals surface area contributed by atoms with E-state index in [2.05, 4.69) is 0 Å². The molecule has 1 aromatic rings. The van der Waals surface area contributed by atoms with E-state index in [1.54, 1.807) is 6.92 Å². The lowest BCUT2D eigenvalue weighted by atomic mass is 10.0. The van der Waals surface area contributed by atoms with Gasteiger partial charge in [0.2, 0.25) is 0 Å². The van der Waals surface area contributed by atoms with E-state index in [1.807, 2.05) is 0 Å². The summed E-state index contributed by atoms with van der Waals surface area (Å²) >= 11 is 0. The van der Waals surface area contributed by atoms with Crippen LogP contribution in [0.15, 0.2) is 24.3 Å². The molecule has 0 aromatic heterocycles. The highest BCUT2D eigenvalue weighted by atomic mass is 19.1. The highest BCUT2D eigenvalue weighted by Crippen LogP contribution is 2.09. The molecule has 0 fully saturated rings. The first-order valence-electron chi connectivity index (χ1n) is 4.05. The van der Waals surface area contributed by atoms with Crippen molar-refractivity contribution in [2.45, 2.75) is 6.92 Å². The Hall–Kier alpha value is -1.22. The number of aliphatic hydroxyl groups excluding tert-OH is 1. The Kier molecular flexibility index (Phi) is 3.14. The smallest absolute Gasteiger partial charge is 0.167 e. The zero-order chi connectivity index (χ0) is 9.84. The van der Waals surface area contributed by atoms with Crippen LogP contribution >= 0.6 is 0 Å². The van der Waals surface area contributed by atoms with Crippen molar-refractivity contribution < 1.29 is 14.3 Å². The highest BCUT2D eigenvalue weighted by molar-refractivity contribution is 5.97. The van der Waals surface area contributed by atoms with Gasteiger partial charge < -0.3 is 5.11 Å². The Morgan fingerprint density at radius 1 is 1.46 bits per heavy atom. The molecule has 0 bridgehead atoms. The monoisotopic (exact) mass is 182 g/mol. The minimum absolute atomic E-state index is 0.164. The first kappa shape index (κ1) is 9.86. The molecular weight excluding hydrogens is 171 g/mol. The van der Waals surface area contributed by atoms with E-state index in [0.29, 0.717) is 5.56 Å². The summed E-state index contributed by atoms with van der Waals surface area (Å²) in [5.74, 6) is -0.957. The van der Waals surface area contributed by atoms with Crippen LogP contribution in [0.2, 0.25) is 0 Å². The van der Waals surface area contributed by atoms with Crippen molar-refractivity contribution in [1.29, 1.82) is 0 Å². The molecule has 2 nitrogen and oxygen atoms in total. The Labute approximate surface area is 76.0 Å². The third kappa shape index (κ3) is 2.36. The maximum atomic E-state index is 12.5. The number of benzene rings is 1. The summed E-state index contributed by atoms with van der Waals surface area (Å²) in [6.07, 6.45) is 0. The summed E-state index contributed by atoms with van der Waals surface area (Å²) in [6.45, 7) is 1.45. The van der Waals surface area contributed by atoms with Gasteiger partial charge in [-0.25, -0.2) is 4.39 Å². The highest BCUT2D eigenvalue weighted by Gasteiger charge is 2.13. The average Bonchev–Trinajstić information content (AvgIpc) is 2.17. The van der Waals surface area contributed by atoms with Crippen LogP contribution in [-0.4, -0.2) is 17.5 Å². The number of Topliss-reactive ketones (excluding diaryl/α,β-unsaturated/α-hetero) is 1. The number of halogens is 1. The number of carbonyl (C=O) groups is 1. The summed E-state index contributed by atoms with van der Waals surface area (Å²) in [5.41, 5.74) is 0.433. The number of carbonyl (C=O) groups excluding carboxylic acids is 1. The summed E-state index contributed by atoms with van der Waals surface area (Å²) < 4.78 is 12.5. The zero-order valence-corrected chi connectivity index (χ0v) is 7.33. The number of hydrogen-bond donors (Lipinski definition) is 1. The molecule has 0 spiro atoms. The molecule has 0 aliphatic carbocycles. The van der Waals surface area contributed by atoms with Crippen LogP contribution in [0.1, 0.15) is 17.3 Å². The van der Waals surface area contributed by atoms with E-state index < -0.39 is 5.92 Å². The molecule has 0 amide bonds. The van der Waals surface area contributed by atoms with Crippen molar-refractivity contribution in [3.8, 4) is 0 Å². The molecule has 0 aliphatic rings. The number of hydrogen-bond acceptors (Lipinski definition) is 2. The third-order valence-corrected chi connectivity index (χ3v) is 1.85. The molecule has 1 aromatic carbocycles. The summed E-state index contributed by atoms with van der Waals surface area (Å²) in [5, 5.41) is 8.73. The maximum absolute atomic E-state index is 12.5. The van der Waals surface area contributed by atoms with E-state index in [9.17, 15) is 9.18 Å². The van der Waals surface area contributed by atoms with Crippen molar-refractivity contribution in [3.63, 3.8) is 0 Å². The van der Waals surface area contributed by atoms with Gasteiger partial charge >= 0.3 is 0 Å². The molecular formula is C10H11FO2. The van der Waals surface area contributed by atoms with Crippen LogP contribution in [0.3, 0.4) is 0 Å². The molecule has 1 rings (SSSR count). The van der Waals surface area contributed by atoms with Gasteiger partial charge in [0.05, 0.1) is 6.61 Å². The topological polar surface area (TPSA) is 37.3 Å². The maximum Gasteiger partial charge on any atom is 0.167 e. The SMILES string of the molecule is CC(CO)C(=O)c1ccc(F)cc1. The van der Waals surface area contributed by atoms with Crippen molar-refractivity contribution >= 4 is 5.78 Å². The van der Waals surface area contributed by atoms with Crippen LogP contribution in [-0.2, 0) is 0 Å². The molecule has 0 radical (unpaired) electrons. The molecule has 0 aliphatic heterocycles. The number of aliphatic hydroxyl groups is 1. The summed E-state index contributed by atoms with van der Waals surface area (Å²) in [4.78, 5) is 11.4. The second-order valence-electron chi connectivity index (χ2n) is 2.95. The molecule has 0 saturated heterocycles. The van der Waals surface area contributed by atoms with Crippen LogP contribution in [0.25, 0.3) is 0 Å². The number of rotatable bonds is 3. The van der Waals surface area contributed by atoms with Crippen molar-refractivity contribution in [2.75, 3.05) is 6.61 Å². The van der Waals surface area contributed by atoms with E-state index in [-0.39, 0.29) is 18.2 Å². The van der Waals surface area contributed by atoms with Crippen LogP contribution in [0, 0.1) is 11.7 Å². The molecule has 1 unspecified atom stereocenters. The molecule has 3 heteroatoms. The van der Waals surface area contributed by atoms with Crippen LogP contribution in [0.5, 0.6) is 0 Å². The molecule has 0 saturated carbocycles. The number of ketones is 1. The third-order valence-electron chi connectivity index (χ3n) is 1.85. The summed E-state index contributed by atoms with van der Waals surface area (Å²) in [7, 11) is 0. The quantitative estimate of drug-likeness (QED) is 0.721. The van der Waals surface area contributed by atoms with Gasteiger partial charge in [-0.1, -0.05) is 6.92 Å². The second kappa shape index (κ2) is 4.14. The lowest BCUT2D eigenvalue weighted by Gasteiger charge is -2.05. The minimum Gasteiger partial charge on any atom is -0.396 e. The Bertz CT molecular complexity index is 292. The second-order valence-corrected chi connectivity index (χ2v) is 2.95. The van der Waals surface area contributed by atoms with Crippen molar-refractivity contribution in [1.82, 2.24) is 0 Å². The average molecular weight is 182 g/mol. The molecule has 13 heavy (non-hydrogen) atoms. The van der Waals surface area contributed by atoms with Crippen LogP contribution in [0.4, 0.5) is 4.39 Å². The zero-order valence-electron chi connectivity index (χ0n) is 7.33. The van der Waals surface area contributed by atoms with E-state index in [0.717, 1.165) is 0 Å². The molecule has 0 heterocycles. The lowest BCUT2D eigenvalue weighted by Crippen LogP contribution is -2.14. The van der Waals surface area contributed by atoms with Gasteiger partial charge in [0.15, 0.2) is 5.78 Å². The fraction of sp³-hybridized carbons (Fsp3) is 0.300. The molecule has 1 atom stereocenters. The van der Waals surface area contributed by atoms with Gasteiger partial charge in [-0.2, -0.15) is 0 Å². The van der Waals surface area contributed by atoms with Gasteiger partial charge in [0.25, 0.3) is 0 Å². The van der Waals surface area contributed by atoms with E-state index >= 15 is 0 Å². The summed E-state index contributed by atoms with van der Waals surface area (Å²) in [6, 6.07) is 5.31. The Morgan fingerprint density at radius 2 is 2.00 bits per heavy atom. The normalized spacial score (nSPS) is 12.5. The fourth-order valence-electron chi connectivity index (χ4n) is 0.982. The first-order chi connectivity index (χ1) is 6.15. The van der Waals surface area contributed by atoms with Gasteiger partial charge in [0.1, 0.15) is 5.82 Å². The standard InChI is InChI=1S/C10H11FO2/c1-7(6-12)10(13)8-2-4-9(11)5-3-8/h2-5,7,12H,6H2,1H3. The molecule has 70 valence electrons. The van der Waals surface area contributed by atoms with Gasteiger partial charge in [-0.15, -0.1) is 0 Å². The first-order valence-corrected chi connectivity index (χ1v) is 4.05. The van der Waals surface area contributed by atoms with Crippen LogP contribution < -0.4 is 0 Å². The van der Waals surface area contributed by atoms with E-state index in [1.165, 1.54) is 24.3 Å². The van der Waals surface area contributed by atoms with Gasteiger partial charge in [0, 0.05) is 11.5 Å². The fourth-order valence-corrected chi connectivity index (χ4v) is 0.982. The van der Waals surface area contributed by atoms with Gasteiger partial charge in [-0.3, -0.25) is 4.79 Å². The van der Waals surface area contributed by atoms with Crippen molar-refractivity contribution in [2.24, 2.45) is 5.92 Å². The predicted octanol–water partition coefficient (Wildman–Crippen LogP) is 1.64. The lowest BCUT2D eigenvalue weighted by molar-refractivity contribution is 0.0877. The molecule has 1 N–H and O–H groups in total. The minimum atomic E-state index is -0.425. The Morgan fingerprint density at radius 3 is 2.46 bits per heavy atom. The Balaban J connectivity index is 2.83. The largest absolute Gasteiger partial charge is 0.396 e. The van der Waals surface area contributed by atoms with Gasteiger partial charge in [-0.05, 0) is 24.3 Å². The van der Waals surface area contributed by atoms with Crippen molar-refractivity contribution in [3.05, 3.63) is 35.6 Å².